The maximum Gasteiger partial charge on any atom is 0.139 e. The van der Waals surface area contributed by atoms with Crippen LogP contribution in [0.25, 0.3) is 0 Å². The van der Waals surface area contributed by atoms with E-state index in [-0.39, 0.29) is 5.78 Å². The number of Topliss-reactive ketones (excluding diaryl/α,β-unsaturated/α-hetero) is 1. The van der Waals surface area contributed by atoms with Gasteiger partial charge in [0.15, 0.2) is 0 Å². The summed E-state index contributed by atoms with van der Waals surface area (Å²) in [5, 5.41) is 8.46. The van der Waals surface area contributed by atoms with Crippen molar-refractivity contribution >= 4 is 17.2 Å². The predicted octanol–water partition coefficient (Wildman–Crippen LogP) is 3.82. The van der Waals surface area contributed by atoms with Crippen LogP contribution in [0, 0.1) is 13.8 Å². The van der Waals surface area contributed by atoms with Gasteiger partial charge in [-0.05, 0) is 38.3 Å². The number of benzene rings is 1. The maximum atomic E-state index is 12.2. The summed E-state index contributed by atoms with van der Waals surface area (Å²) in [6.07, 6.45) is 3.97. The number of hydrogen-bond acceptors (Lipinski definition) is 5. The van der Waals surface area contributed by atoms with Gasteiger partial charge in [0.2, 0.25) is 0 Å². The van der Waals surface area contributed by atoms with Crippen LogP contribution in [0.5, 0.6) is 0 Å². The van der Waals surface area contributed by atoms with Crippen LogP contribution in [0.4, 0.5) is 0 Å². The zero-order valence-corrected chi connectivity index (χ0v) is 15.4. The van der Waals surface area contributed by atoms with Gasteiger partial charge in [-0.15, -0.1) is 0 Å². The molecule has 1 aliphatic rings. The van der Waals surface area contributed by atoms with Crippen molar-refractivity contribution in [1.29, 1.82) is 0 Å². The Balaban J connectivity index is 1.40. The van der Waals surface area contributed by atoms with E-state index in [1.165, 1.54) is 5.56 Å². The van der Waals surface area contributed by atoms with Gasteiger partial charge < -0.3 is 0 Å². The first-order valence-corrected chi connectivity index (χ1v) is 9.06. The Bertz CT molecular complexity index is 820. The molecular weight excluding hydrogens is 324 g/mol. The molecule has 0 N–H and O–H groups in total. The van der Waals surface area contributed by atoms with Crippen molar-refractivity contribution in [2.24, 2.45) is 10.2 Å². The molecule has 0 fully saturated rings. The third-order valence-electron chi connectivity index (χ3n) is 4.34. The summed E-state index contributed by atoms with van der Waals surface area (Å²) < 4.78 is 0. The number of carbonyl (C=O) groups excluding carboxylic acids is 1. The Morgan fingerprint density at radius 2 is 1.62 bits per heavy atom. The van der Waals surface area contributed by atoms with Crippen LogP contribution >= 0.6 is 0 Å². The van der Waals surface area contributed by atoms with Crippen LogP contribution < -0.4 is 0 Å². The Morgan fingerprint density at radius 3 is 2.35 bits per heavy atom. The third kappa shape index (κ3) is 5.41. The minimum atomic E-state index is 0.172. The lowest BCUT2D eigenvalue weighted by Crippen LogP contribution is -2.11. The molecule has 1 aliphatic heterocycles. The van der Waals surface area contributed by atoms with Gasteiger partial charge in [0.1, 0.15) is 11.6 Å². The Labute approximate surface area is 154 Å². The second kappa shape index (κ2) is 8.61. The second-order valence-corrected chi connectivity index (χ2v) is 6.78. The van der Waals surface area contributed by atoms with E-state index < -0.39 is 0 Å². The average molecular weight is 348 g/mol. The maximum absolute atomic E-state index is 12.2. The zero-order chi connectivity index (χ0) is 18.4. The van der Waals surface area contributed by atoms with Gasteiger partial charge in [-0.1, -0.05) is 30.3 Å². The number of ketones is 1. The van der Waals surface area contributed by atoms with Crippen molar-refractivity contribution in [3.63, 3.8) is 0 Å². The van der Waals surface area contributed by atoms with Gasteiger partial charge in [-0.2, -0.15) is 10.2 Å². The van der Waals surface area contributed by atoms with E-state index in [0.717, 1.165) is 47.9 Å². The molecule has 0 saturated carbocycles. The van der Waals surface area contributed by atoms with E-state index in [1.807, 2.05) is 38.1 Å². The Morgan fingerprint density at radius 1 is 0.923 bits per heavy atom. The largest absolute Gasteiger partial charge is 0.299 e. The van der Waals surface area contributed by atoms with Crippen LogP contribution in [0.3, 0.4) is 0 Å². The van der Waals surface area contributed by atoms with E-state index in [4.69, 9.17) is 0 Å². The fraction of sp³-hybridized carbons (Fsp3) is 0.381. The number of rotatable bonds is 8. The molecule has 134 valence electrons. The quantitative estimate of drug-likeness (QED) is 0.728. The summed E-state index contributed by atoms with van der Waals surface area (Å²) in [5.74, 6) is 0.912. The fourth-order valence-electron chi connectivity index (χ4n) is 3.10. The summed E-state index contributed by atoms with van der Waals surface area (Å²) in [6, 6.07) is 12.3. The van der Waals surface area contributed by atoms with Crippen molar-refractivity contribution in [1.82, 2.24) is 9.97 Å². The van der Waals surface area contributed by atoms with E-state index in [0.29, 0.717) is 19.3 Å². The van der Waals surface area contributed by atoms with Gasteiger partial charge >= 0.3 is 0 Å². The molecule has 5 nitrogen and oxygen atoms in total. The SMILES string of the molecule is Cc1cc(C)nc(CCC(=O)CC2=NN=C(CCc3ccccc3)C2)n1. The van der Waals surface area contributed by atoms with E-state index in [2.05, 4.69) is 32.3 Å². The van der Waals surface area contributed by atoms with Crippen LogP contribution in [0.2, 0.25) is 0 Å². The average Bonchev–Trinajstić information content (AvgIpc) is 3.06. The van der Waals surface area contributed by atoms with Gasteiger partial charge in [0.05, 0.1) is 5.71 Å². The van der Waals surface area contributed by atoms with E-state index in [9.17, 15) is 4.79 Å². The van der Waals surface area contributed by atoms with Crippen molar-refractivity contribution < 1.29 is 4.79 Å². The van der Waals surface area contributed by atoms with Gasteiger partial charge in [-0.25, -0.2) is 9.97 Å². The van der Waals surface area contributed by atoms with Gasteiger partial charge in [0.25, 0.3) is 0 Å². The van der Waals surface area contributed by atoms with Crippen LogP contribution in [0.15, 0.2) is 46.6 Å². The molecule has 0 saturated heterocycles. The predicted molar refractivity (Wildman–Crippen MR) is 104 cm³/mol. The summed E-state index contributed by atoms with van der Waals surface area (Å²) >= 11 is 0. The number of carbonyl (C=O) groups is 1. The molecule has 5 heteroatoms. The third-order valence-corrected chi connectivity index (χ3v) is 4.34. The molecule has 0 spiro atoms. The molecule has 0 amide bonds. The zero-order valence-electron chi connectivity index (χ0n) is 15.4. The number of hydrogen-bond donors (Lipinski definition) is 0. The summed E-state index contributed by atoms with van der Waals surface area (Å²) in [6.45, 7) is 3.89. The topological polar surface area (TPSA) is 67.6 Å². The van der Waals surface area contributed by atoms with Crippen LogP contribution in [0.1, 0.15) is 48.5 Å². The highest BCUT2D eigenvalue weighted by molar-refractivity contribution is 6.13. The molecule has 0 unspecified atom stereocenters. The molecular formula is C21H24N4O. The molecule has 1 aromatic carbocycles. The Kier molecular flexibility index (Phi) is 6.00. The molecule has 26 heavy (non-hydrogen) atoms. The van der Waals surface area contributed by atoms with Gasteiger partial charge in [-0.3, -0.25) is 4.79 Å². The highest BCUT2D eigenvalue weighted by atomic mass is 16.1. The highest BCUT2D eigenvalue weighted by Crippen LogP contribution is 2.13. The molecule has 0 bridgehead atoms. The lowest BCUT2D eigenvalue weighted by molar-refractivity contribution is -0.117. The van der Waals surface area contributed by atoms with Crippen LogP contribution in [-0.2, 0) is 17.6 Å². The second-order valence-electron chi connectivity index (χ2n) is 6.78. The minimum absolute atomic E-state index is 0.172. The molecule has 0 radical (unpaired) electrons. The first-order chi connectivity index (χ1) is 12.6. The van der Waals surface area contributed by atoms with Gasteiger partial charge in [0, 0.05) is 42.8 Å². The van der Waals surface area contributed by atoms with Crippen molar-refractivity contribution in [2.75, 3.05) is 0 Å². The highest BCUT2D eigenvalue weighted by Gasteiger charge is 2.16. The number of nitrogens with zero attached hydrogens (tertiary/aromatic N) is 4. The molecule has 3 rings (SSSR count). The molecule has 0 atom stereocenters. The molecule has 2 heterocycles. The number of aromatic nitrogens is 2. The van der Waals surface area contributed by atoms with E-state index >= 15 is 0 Å². The van der Waals surface area contributed by atoms with Crippen molar-refractivity contribution in [3.8, 4) is 0 Å². The summed E-state index contributed by atoms with van der Waals surface area (Å²) in [4.78, 5) is 21.0. The lowest BCUT2D eigenvalue weighted by Gasteiger charge is -2.04. The fourth-order valence-corrected chi connectivity index (χ4v) is 3.10. The number of aryl methyl sites for hydroxylation is 4. The first-order valence-electron chi connectivity index (χ1n) is 9.06. The van der Waals surface area contributed by atoms with Crippen molar-refractivity contribution in [3.05, 3.63) is 59.2 Å². The van der Waals surface area contributed by atoms with Crippen LogP contribution in [-0.4, -0.2) is 27.2 Å². The van der Waals surface area contributed by atoms with Crippen molar-refractivity contribution in [2.45, 2.75) is 52.4 Å². The summed E-state index contributed by atoms with van der Waals surface area (Å²) in [5.41, 5.74) is 5.12. The standard InChI is InChI=1S/C21H24N4O/c1-15-12-16(2)23-21(22-15)11-10-20(26)14-19-13-18(24-25-19)9-8-17-6-4-3-5-7-17/h3-7,12H,8-11,13-14H2,1-2H3. The molecule has 1 aromatic heterocycles. The van der Waals surface area contributed by atoms with E-state index in [1.54, 1.807) is 0 Å². The lowest BCUT2D eigenvalue weighted by atomic mass is 10.0. The molecule has 2 aromatic rings. The smallest absolute Gasteiger partial charge is 0.139 e. The summed E-state index contributed by atoms with van der Waals surface area (Å²) in [7, 11) is 0. The first kappa shape index (κ1) is 18.1. The normalized spacial score (nSPS) is 13.5. The Hall–Kier alpha value is -2.69. The minimum Gasteiger partial charge on any atom is -0.299 e. The monoisotopic (exact) mass is 348 g/mol. The molecule has 0 aliphatic carbocycles.